The van der Waals surface area contributed by atoms with Crippen molar-refractivity contribution < 1.29 is 9.72 Å². The van der Waals surface area contributed by atoms with Gasteiger partial charge in [-0.05, 0) is 26.3 Å². The highest BCUT2D eigenvalue weighted by molar-refractivity contribution is 6.33. The Morgan fingerprint density at radius 3 is 2.46 bits per heavy atom. The molecule has 0 fully saturated rings. The van der Waals surface area contributed by atoms with Crippen LogP contribution in [0.4, 0.5) is 5.69 Å². The molecule has 0 saturated heterocycles. The van der Waals surface area contributed by atoms with Crippen LogP contribution in [0.3, 0.4) is 0 Å². The zero-order valence-electron chi connectivity index (χ0n) is 13.7. The number of benzene rings is 1. The number of aryl methyl sites for hydroxylation is 1. The number of hydrogen-bond donors (Lipinski definition) is 0. The van der Waals surface area contributed by atoms with E-state index in [2.05, 4.69) is 4.98 Å². The highest BCUT2D eigenvalue weighted by atomic mass is 35.5. The van der Waals surface area contributed by atoms with Crippen LogP contribution < -0.4 is 0 Å². The molecule has 0 aliphatic rings. The Kier molecular flexibility index (Phi) is 5.51. The second-order valence-electron chi connectivity index (χ2n) is 5.40. The van der Waals surface area contributed by atoms with Gasteiger partial charge in [0.15, 0.2) is 0 Å². The van der Waals surface area contributed by atoms with Gasteiger partial charge < -0.3 is 4.90 Å². The number of nitrogens with zero attached hydrogens (tertiary/aromatic N) is 3. The summed E-state index contributed by atoms with van der Waals surface area (Å²) in [5.74, 6) is -0.362. The fourth-order valence-electron chi connectivity index (χ4n) is 2.61. The summed E-state index contributed by atoms with van der Waals surface area (Å²) in [6.45, 7) is 5.73. The van der Waals surface area contributed by atoms with Gasteiger partial charge in [-0.2, -0.15) is 0 Å². The van der Waals surface area contributed by atoms with E-state index in [1.54, 1.807) is 4.90 Å². The van der Waals surface area contributed by atoms with Crippen LogP contribution in [0.25, 0.3) is 0 Å². The fourth-order valence-corrected chi connectivity index (χ4v) is 2.96. The van der Waals surface area contributed by atoms with Crippen LogP contribution in [0.15, 0.2) is 30.3 Å². The molecule has 1 heterocycles. The molecule has 0 unspecified atom stereocenters. The van der Waals surface area contributed by atoms with Crippen molar-refractivity contribution in [2.75, 3.05) is 6.54 Å². The summed E-state index contributed by atoms with van der Waals surface area (Å²) in [6, 6.07) is 9.52. The van der Waals surface area contributed by atoms with Gasteiger partial charge in [0.05, 0.1) is 10.5 Å². The number of rotatable bonds is 5. The van der Waals surface area contributed by atoms with Crippen molar-refractivity contribution in [1.29, 1.82) is 0 Å². The van der Waals surface area contributed by atoms with Gasteiger partial charge >= 0.3 is 0 Å². The molecule has 0 radical (unpaired) electrons. The maximum absolute atomic E-state index is 12.9. The highest BCUT2D eigenvalue weighted by Gasteiger charge is 2.28. The molecule has 24 heavy (non-hydrogen) atoms. The Balaban J connectivity index is 2.44. The molecular weight excluding hydrogens is 330 g/mol. The van der Waals surface area contributed by atoms with E-state index < -0.39 is 4.92 Å². The largest absolute Gasteiger partial charge is 0.334 e. The van der Waals surface area contributed by atoms with Gasteiger partial charge in [-0.15, -0.1) is 0 Å². The van der Waals surface area contributed by atoms with Crippen LogP contribution in [-0.2, 0) is 6.54 Å². The smallest absolute Gasteiger partial charge is 0.294 e. The Bertz CT molecular complexity index is 778. The van der Waals surface area contributed by atoms with E-state index in [0.29, 0.717) is 13.1 Å². The minimum absolute atomic E-state index is 0.00730. The SMILES string of the molecule is CCN(Cc1ccccc1)C(=O)c1c(Cl)nc(C)c([N+](=O)[O-])c1C. The Morgan fingerprint density at radius 2 is 1.92 bits per heavy atom. The van der Waals surface area contributed by atoms with Crippen LogP contribution >= 0.6 is 11.6 Å². The van der Waals surface area contributed by atoms with E-state index in [0.717, 1.165) is 5.56 Å². The molecule has 1 amide bonds. The lowest BCUT2D eigenvalue weighted by Gasteiger charge is -2.22. The van der Waals surface area contributed by atoms with E-state index in [1.807, 2.05) is 37.3 Å². The summed E-state index contributed by atoms with van der Waals surface area (Å²) in [7, 11) is 0. The minimum atomic E-state index is -0.530. The third-order valence-electron chi connectivity index (χ3n) is 3.83. The van der Waals surface area contributed by atoms with Crippen molar-refractivity contribution in [2.45, 2.75) is 27.3 Å². The van der Waals surface area contributed by atoms with Crippen molar-refractivity contribution in [2.24, 2.45) is 0 Å². The molecule has 0 aliphatic heterocycles. The number of amides is 1. The van der Waals surface area contributed by atoms with Gasteiger partial charge in [0, 0.05) is 18.7 Å². The predicted molar refractivity (Wildman–Crippen MR) is 92.2 cm³/mol. The highest BCUT2D eigenvalue weighted by Crippen LogP contribution is 2.30. The molecule has 2 rings (SSSR count). The third-order valence-corrected chi connectivity index (χ3v) is 4.10. The standard InChI is InChI=1S/C17H18ClN3O3/c1-4-20(10-13-8-6-5-7-9-13)17(22)14-11(2)15(21(23)24)12(3)19-16(14)18/h5-9H,4,10H2,1-3H3. The molecule has 0 bridgehead atoms. The Hall–Kier alpha value is -2.47. The molecule has 0 saturated carbocycles. The number of nitro groups is 1. The van der Waals surface area contributed by atoms with Crippen LogP contribution in [0.2, 0.25) is 5.15 Å². The summed E-state index contributed by atoms with van der Waals surface area (Å²) < 4.78 is 0. The first-order valence-corrected chi connectivity index (χ1v) is 7.88. The lowest BCUT2D eigenvalue weighted by molar-refractivity contribution is -0.386. The Labute approximate surface area is 145 Å². The normalized spacial score (nSPS) is 10.5. The number of carbonyl (C=O) groups is 1. The number of halogens is 1. The van der Waals surface area contributed by atoms with E-state index >= 15 is 0 Å². The summed E-state index contributed by atoms with van der Waals surface area (Å²) in [6.07, 6.45) is 0. The van der Waals surface area contributed by atoms with Gasteiger partial charge in [0.25, 0.3) is 11.6 Å². The molecule has 0 spiro atoms. The number of hydrogen-bond acceptors (Lipinski definition) is 4. The van der Waals surface area contributed by atoms with Crippen molar-refractivity contribution in [3.8, 4) is 0 Å². The van der Waals surface area contributed by atoms with Gasteiger partial charge in [0.2, 0.25) is 0 Å². The average molecular weight is 348 g/mol. The zero-order valence-corrected chi connectivity index (χ0v) is 14.5. The van der Waals surface area contributed by atoms with E-state index in [9.17, 15) is 14.9 Å². The molecule has 2 aromatic rings. The molecule has 6 nitrogen and oxygen atoms in total. The molecule has 0 atom stereocenters. The third kappa shape index (κ3) is 3.54. The van der Waals surface area contributed by atoms with Gasteiger partial charge in [-0.3, -0.25) is 14.9 Å². The zero-order chi connectivity index (χ0) is 17.9. The minimum Gasteiger partial charge on any atom is -0.334 e. The first kappa shape index (κ1) is 17.9. The second kappa shape index (κ2) is 7.40. The fraction of sp³-hybridized carbons (Fsp3) is 0.294. The maximum Gasteiger partial charge on any atom is 0.294 e. The summed E-state index contributed by atoms with van der Waals surface area (Å²) in [5, 5.41) is 11.2. The van der Waals surface area contributed by atoms with Crippen LogP contribution in [-0.4, -0.2) is 27.3 Å². The second-order valence-corrected chi connectivity index (χ2v) is 5.76. The molecule has 126 valence electrons. The van der Waals surface area contributed by atoms with E-state index in [1.165, 1.54) is 13.8 Å². The monoisotopic (exact) mass is 347 g/mol. The molecule has 0 N–H and O–H groups in total. The van der Waals surface area contributed by atoms with Gasteiger partial charge in [-0.25, -0.2) is 4.98 Å². The number of aromatic nitrogens is 1. The number of carbonyl (C=O) groups excluding carboxylic acids is 1. The maximum atomic E-state index is 12.9. The lowest BCUT2D eigenvalue weighted by atomic mass is 10.1. The first-order chi connectivity index (χ1) is 11.4. The molecule has 0 aliphatic carbocycles. The first-order valence-electron chi connectivity index (χ1n) is 7.51. The summed E-state index contributed by atoms with van der Waals surface area (Å²) in [4.78, 5) is 29.2. The molecule has 7 heteroatoms. The van der Waals surface area contributed by atoms with Crippen molar-refractivity contribution >= 4 is 23.2 Å². The topological polar surface area (TPSA) is 76.3 Å². The van der Waals surface area contributed by atoms with Crippen LogP contribution in [0, 0.1) is 24.0 Å². The van der Waals surface area contributed by atoms with Crippen LogP contribution in [0.5, 0.6) is 0 Å². The molecule has 1 aromatic heterocycles. The van der Waals surface area contributed by atoms with E-state index in [4.69, 9.17) is 11.6 Å². The van der Waals surface area contributed by atoms with Gasteiger partial charge in [0.1, 0.15) is 10.8 Å². The van der Waals surface area contributed by atoms with Crippen molar-refractivity contribution in [3.05, 3.63) is 68.0 Å². The summed E-state index contributed by atoms with van der Waals surface area (Å²) >= 11 is 6.13. The van der Waals surface area contributed by atoms with Crippen molar-refractivity contribution in [1.82, 2.24) is 9.88 Å². The van der Waals surface area contributed by atoms with Crippen LogP contribution in [0.1, 0.15) is 34.1 Å². The quantitative estimate of drug-likeness (QED) is 0.466. The predicted octanol–water partition coefficient (Wildman–Crippen LogP) is 3.92. The average Bonchev–Trinajstić information content (AvgIpc) is 2.52. The van der Waals surface area contributed by atoms with E-state index in [-0.39, 0.29) is 33.6 Å². The molecular formula is C17H18ClN3O3. The lowest BCUT2D eigenvalue weighted by Crippen LogP contribution is -2.31. The van der Waals surface area contributed by atoms with Crippen molar-refractivity contribution in [3.63, 3.8) is 0 Å². The number of pyridine rings is 1. The van der Waals surface area contributed by atoms with Gasteiger partial charge in [-0.1, -0.05) is 41.9 Å². The molecule has 1 aromatic carbocycles. The summed E-state index contributed by atoms with van der Waals surface area (Å²) in [5.41, 5.74) is 1.33. The Morgan fingerprint density at radius 1 is 1.29 bits per heavy atom.